The van der Waals surface area contributed by atoms with Crippen molar-refractivity contribution in [2.24, 2.45) is 13.0 Å². The molecule has 0 aliphatic carbocycles. The summed E-state index contributed by atoms with van der Waals surface area (Å²) in [5, 5.41) is 18.4. The fourth-order valence-electron chi connectivity index (χ4n) is 2.65. The van der Waals surface area contributed by atoms with E-state index in [1.165, 1.54) is 11.1 Å². The third-order valence-electron chi connectivity index (χ3n) is 4.42. The van der Waals surface area contributed by atoms with Gasteiger partial charge in [0.05, 0.1) is 6.20 Å². The van der Waals surface area contributed by atoms with Crippen molar-refractivity contribution in [1.29, 1.82) is 0 Å². The third kappa shape index (κ3) is 4.91. The SMILES string of the molecule is Cc1ccc(CC(NCC(C)(O)c2cnn(C)c2)C(C)C)cc1. The van der Waals surface area contributed by atoms with Gasteiger partial charge in [0.15, 0.2) is 0 Å². The van der Waals surface area contributed by atoms with Gasteiger partial charge in [-0.25, -0.2) is 0 Å². The molecule has 4 heteroatoms. The topological polar surface area (TPSA) is 50.1 Å². The molecule has 4 nitrogen and oxygen atoms in total. The lowest BCUT2D eigenvalue weighted by Gasteiger charge is -2.29. The Morgan fingerprint density at radius 2 is 1.91 bits per heavy atom. The van der Waals surface area contributed by atoms with Gasteiger partial charge in [0.25, 0.3) is 0 Å². The summed E-state index contributed by atoms with van der Waals surface area (Å²) in [5.74, 6) is 0.487. The van der Waals surface area contributed by atoms with E-state index in [0.717, 1.165) is 12.0 Å². The fourth-order valence-corrected chi connectivity index (χ4v) is 2.65. The first kappa shape index (κ1) is 17.7. The van der Waals surface area contributed by atoms with Gasteiger partial charge >= 0.3 is 0 Å². The highest BCUT2D eigenvalue weighted by atomic mass is 16.3. The lowest BCUT2D eigenvalue weighted by atomic mass is 9.93. The zero-order valence-electron chi connectivity index (χ0n) is 14.9. The summed E-state index contributed by atoms with van der Waals surface area (Å²) in [6.45, 7) is 8.87. The van der Waals surface area contributed by atoms with Gasteiger partial charge in [0.1, 0.15) is 5.60 Å². The number of nitrogens with zero attached hydrogens (tertiary/aromatic N) is 2. The van der Waals surface area contributed by atoms with Crippen LogP contribution in [0, 0.1) is 12.8 Å². The Morgan fingerprint density at radius 3 is 2.43 bits per heavy atom. The second-order valence-corrected chi connectivity index (χ2v) is 7.10. The van der Waals surface area contributed by atoms with E-state index in [0.29, 0.717) is 18.5 Å². The largest absolute Gasteiger partial charge is 0.384 e. The molecule has 2 aromatic rings. The molecule has 0 radical (unpaired) electrons. The maximum Gasteiger partial charge on any atom is 0.102 e. The molecule has 0 saturated heterocycles. The van der Waals surface area contributed by atoms with Crippen molar-refractivity contribution in [3.8, 4) is 0 Å². The smallest absolute Gasteiger partial charge is 0.102 e. The summed E-state index contributed by atoms with van der Waals surface area (Å²) < 4.78 is 1.72. The molecule has 0 bridgehead atoms. The molecule has 1 heterocycles. The predicted molar refractivity (Wildman–Crippen MR) is 94.3 cm³/mol. The Morgan fingerprint density at radius 1 is 1.26 bits per heavy atom. The molecule has 0 aliphatic rings. The van der Waals surface area contributed by atoms with Crippen molar-refractivity contribution in [3.63, 3.8) is 0 Å². The maximum atomic E-state index is 10.7. The number of hydrogen-bond donors (Lipinski definition) is 2. The number of rotatable bonds is 7. The molecule has 1 aromatic heterocycles. The predicted octanol–water partition coefficient (Wildman–Crippen LogP) is 2.79. The van der Waals surface area contributed by atoms with Crippen molar-refractivity contribution >= 4 is 0 Å². The van der Waals surface area contributed by atoms with Gasteiger partial charge in [-0.15, -0.1) is 0 Å². The van der Waals surface area contributed by atoms with Crippen LogP contribution in [0.3, 0.4) is 0 Å². The number of aryl methyl sites for hydroxylation is 2. The number of aromatic nitrogens is 2. The number of nitrogens with one attached hydrogen (secondary N) is 1. The van der Waals surface area contributed by atoms with Crippen molar-refractivity contribution in [3.05, 3.63) is 53.3 Å². The number of hydrogen-bond acceptors (Lipinski definition) is 3. The van der Waals surface area contributed by atoms with Gasteiger partial charge in [0, 0.05) is 31.4 Å². The average Bonchev–Trinajstić information content (AvgIpc) is 2.92. The summed E-state index contributed by atoms with van der Waals surface area (Å²) in [5.41, 5.74) is 2.52. The lowest BCUT2D eigenvalue weighted by molar-refractivity contribution is 0.0518. The number of benzene rings is 1. The van der Waals surface area contributed by atoms with Crippen LogP contribution in [0.15, 0.2) is 36.7 Å². The van der Waals surface area contributed by atoms with E-state index >= 15 is 0 Å². The second kappa shape index (κ2) is 7.28. The van der Waals surface area contributed by atoms with Gasteiger partial charge in [-0.1, -0.05) is 43.7 Å². The summed E-state index contributed by atoms with van der Waals surface area (Å²) >= 11 is 0. The Hall–Kier alpha value is -1.65. The fraction of sp³-hybridized carbons (Fsp3) is 0.526. The van der Waals surface area contributed by atoms with Crippen LogP contribution >= 0.6 is 0 Å². The quantitative estimate of drug-likeness (QED) is 0.826. The molecule has 2 N–H and O–H groups in total. The lowest BCUT2D eigenvalue weighted by Crippen LogP contribution is -2.44. The zero-order valence-corrected chi connectivity index (χ0v) is 14.9. The monoisotopic (exact) mass is 315 g/mol. The highest BCUT2D eigenvalue weighted by Gasteiger charge is 2.26. The van der Waals surface area contributed by atoms with E-state index < -0.39 is 5.60 Å². The van der Waals surface area contributed by atoms with Crippen molar-refractivity contribution in [1.82, 2.24) is 15.1 Å². The van der Waals surface area contributed by atoms with E-state index in [-0.39, 0.29) is 0 Å². The molecule has 0 saturated carbocycles. The molecule has 1 aromatic carbocycles. The molecule has 126 valence electrons. The van der Waals surface area contributed by atoms with Crippen LogP contribution < -0.4 is 5.32 Å². The standard InChI is InChI=1S/C19H29N3O/c1-14(2)18(10-16-8-6-15(3)7-9-16)20-13-19(4,23)17-11-21-22(5)12-17/h6-9,11-12,14,18,20,23H,10,13H2,1-5H3. The van der Waals surface area contributed by atoms with Gasteiger partial charge in [-0.05, 0) is 31.7 Å². The Bertz CT molecular complexity index is 614. The normalized spacial score (nSPS) is 15.6. The molecule has 0 fully saturated rings. The second-order valence-electron chi connectivity index (χ2n) is 7.10. The van der Waals surface area contributed by atoms with Crippen molar-refractivity contribution in [2.75, 3.05) is 6.54 Å². The van der Waals surface area contributed by atoms with Gasteiger partial charge in [-0.3, -0.25) is 4.68 Å². The van der Waals surface area contributed by atoms with E-state index in [1.54, 1.807) is 10.9 Å². The molecule has 2 unspecified atom stereocenters. The number of aliphatic hydroxyl groups is 1. The zero-order chi connectivity index (χ0) is 17.0. The Balaban J connectivity index is 2.00. The molecule has 0 spiro atoms. The van der Waals surface area contributed by atoms with E-state index in [1.807, 2.05) is 20.2 Å². The Labute approximate surface area is 139 Å². The summed E-state index contributed by atoms with van der Waals surface area (Å²) in [6, 6.07) is 9.00. The first-order valence-corrected chi connectivity index (χ1v) is 8.28. The van der Waals surface area contributed by atoms with Crippen LogP contribution in [0.1, 0.15) is 37.5 Å². The molecule has 2 atom stereocenters. The van der Waals surface area contributed by atoms with E-state index in [4.69, 9.17) is 0 Å². The van der Waals surface area contributed by atoms with Crippen molar-refractivity contribution < 1.29 is 5.11 Å². The van der Waals surface area contributed by atoms with Crippen LogP contribution in [0.4, 0.5) is 0 Å². The van der Waals surface area contributed by atoms with Gasteiger partial charge < -0.3 is 10.4 Å². The minimum absolute atomic E-state index is 0.320. The third-order valence-corrected chi connectivity index (χ3v) is 4.42. The van der Waals surface area contributed by atoms with Crippen LogP contribution in [0.5, 0.6) is 0 Å². The highest BCUT2D eigenvalue weighted by Crippen LogP contribution is 2.20. The molecule has 0 amide bonds. The Kier molecular flexibility index (Phi) is 5.60. The minimum atomic E-state index is -0.922. The van der Waals surface area contributed by atoms with Crippen molar-refractivity contribution in [2.45, 2.75) is 45.8 Å². The summed E-state index contributed by atoms with van der Waals surface area (Å²) in [7, 11) is 1.86. The minimum Gasteiger partial charge on any atom is -0.384 e. The summed E-state index contributed by atoms with van der Waals surface area (Å²) in [4.78, 5) is 0. The van der Waals surface area contributed by atoms with E-state index in [9.17, 15) is 5.11 Å². The van der Waals surface area contributed by atoms with Crippen LogP contribution in [0.2, 0.25) is 0 Å². The molecule has 23 heavy (non-hydrogen) atoms. The van der Waals surface area contributed by atoms with Crippen LogP contribution in [-0.2, 0) is 19.1 Å². The highest BCUT2D eigenvalue weighted by molar-refractivity contribution is 5.22. The van der Waals surface area contributed by atoms with Crippen LogP contribution in [-0.4, -0.2) is 27.5 Å². The molecular formula is C19H29N3O. The van der Waals surface area contributed by atoms with E-state index in [2.05, 4.69) is 55.5 Å². The summed E-state index contributed by atoms with van der Waals surface area (Å²) in [6.07, 6.45) is 4.55. The van der Waals surface area contributed by atoms with Gasteiger partial charge in [-0.2, -0.15) is 5.10 Å². The van der Waals surface area contributed by atoms with Crippen LogP contribution in [0.25, 0.3) is 0 Å². The average molecular weight is 315 g/mol. The first-order chi connectivity index (χ1) is 10.8. The first-order valence-electron chi connectivity index (χ1n) is 8.28. The molecule has 0 aliphatic heterocycles. The molecular weight excluding hydrogens is 286 g/mol. The maximum absolute atomic E-state index is 10.7. The molecule has 2 rings (SSSR count). The van der Waals surface area contributed by atoms with Gasteiger partial charge in [0.2, 0.25) is 0 Å².